The maximum atomic E-state index is 12.2. The zero-order valence-electron chi connectivity index (χ0n) is 15.9. The first-order valence-electron chi connectivity index (χ1n) is 9.08. The van der Waals surface area contributed by atoms with Gasteiger partial charge in [0.2, 0.25) is 11.8 Å². The van der Waals surface area contributed by atoms with E-state index >= 15 is 0 Å². The highest BCUT2D eigenvalue weighted by atomic mass is 16.5. The summed E-state index contributed by atoms with van der Waals surface area (Å²) in [7, 11) is 0. The van der Waals surface area contributed by atoms with Gasteiger partial charge in [0.05, 0.1) is 5.92 Å². The molecular weight excluding hydrogens is 350 g/mol. The number of likely N-dealkylation sites (tertiary alicyclic amines) is 1. The van der Waals surface area contributed by atoms with Crippen molar-refractivity contribution in [1.82, 2.24) is 15.5 Å². The van der Waals surface area contributed by atoms with Crippen LogP contribution in [0.15, 0.2) is 24.3 Å². The monoisotopic (exact) mass is 377 g/mol. The largest absolute Gasteiger partial charge is 0.508 e. The number of carbonyl (C=O) groups excluding carboxylic acids is 3. The summed E-state index contributed by atoms with van der Waals surface area (Å²) in [5.74, 6) is -0.223. The minimum absolute atomic E-state index is 0.00124. The highest BCUT2D eigenvalue weighted by Gasteiger charge is 2.35. The molecule has 3 N–H and O–H groups in total. The molecule has 1 aliphatic rings. The van der Waals surface area contributed by atoms with E-state index in [1.165, 1.54) is 12.1 Å². The van der Waals surface area contributed by atoms with Gasteiger partial charge in [0, 0.05) is 32.1 Å². The molecule has 0 spiro atoms. The Morgan fingerprint density at radius 2 is 1.81 bits per heavy atom. The fraction of sp³-hybridized carbons (Fsp3) is 0.526. The maximum Gasteiger partial charge on any atom is 0.260 e. The number of phenolic OH excluding ortho intramolecular Hbond substituents is 1. The number of hydrogen-bond donors (Lipinski definition) is 3. The van der Waals surface area contributed by atoms with Gasteiger partial charge < -0.3 is 25.4 Å². The Labute approximate surface area is 158 Å². The van der Waals surface area contributed by atoms with Gasteiger partial charge in [-0.1, -0.05) is 0 Å². The molecular formula is C19H27N3O5. The van der Waals surface area contributed by atoms with Crippen LogP contribution in [-0.4, -0.2) is 59.5 Å². The van der Waals surface area contributed by atoms with E-state index in [2.05, 4.69) is 10.6 Å². The van der Waals surface area contributed by atoms with Crippen molar-refractivity contribution < 1.29 is 24.2 Å². The molecule has 0 bridgehead atoms. The van der Waals surface area contributed by atoms with Gasteiger partial charge in [-0.2, -0.15) is 0 Å². The lowest BCUT2D eigenvalue weighted by atomic mass is 10.1. The molecule has 0 aromatic heterocycles. The number of aromatic hydroxyl groups is 1. The predicted molar refractivity (Wildman–Crippen MR) is 99.2 cm³/mol. The highest BCUT2D eigenvalue weighted by Crippen LogP contribution is 2.20. The minimum Gasteiger partial charge on any atom is -0.508 e. The Morgan fingerprint density at radius 1 is 1.19 bits per heavy atom. The first kappa shape index (κ1) is 20.5. The van der Waals surface area contributed by atoms with Crippen LogP contribution in [0.1, 0.15) is 27.2 Å². The Hall–Kier alpha value is -2.77. The number of rotatable bonds is 8. The number of hydrogen-bond acceptors (Lipinski definition) is 5. The molecule has 1 heterocycles. The van der Waals surface area contributed by atoms with Crippen LogP contribution >= 0.6 is 0 Å². The van der Waals surface area contributed by atoms with Crippen molar-refractivity contribution in [1.29, 1.82) is 0 Å². The van der Waals surface area contributed by atoms with E-state index in [0.29, 0.717) is 12.3 Å². The molecule has 1 saturated heterocycles. The maximum absolute atomic E-state index is 12.2. The summed E-state index contributed by atoms with van der Waals surface area (Å²) in [5, 5.41) is 14.7. The van der Waals surface area contributed by atoms with E-state index in [4.69, 9.17) is 4.74 Å². The van der Waals surface area contributed by atoms with Gasteiger partial charge in [-0.3, -0.25) is 14.4 Å². The lowest BCUT2D eigenvalue weighted by molar-refractivity contribution is -0.129. The van der Waals surface area contributed by atoms with Crippen molar-refractivity contribution in [2.45, 2.75) is 39.3 Å². The van der Waals surface area contributed by atoms with Crippen LogP contribution in [0.5, 0.6) is 11.5 Å². The predicted octanol–water partition coefficient (Wildman–Crippen LogP) is 0.649. The average molecular weight is 377 g/mol. The Balaban J connectivity index is 1.67. The van der Waals surface area contributed by atoms with Crippen LogP contribution in [0.4, 0.5) is 0 Å². The molecule has 3 amide bonds. The fourth-order valence-corrected chi connectivity index (χ4v) is 2.85. The smallest absolute Gasteiger partial charge is 0.260 e. The number of nitrogens with zero attached hydrogens (tertiary/aromatic N) is 1. The van der Waals surface area contributed by atoms with Crippen LogP contribution in [0.25, 0.3) is 0 Å². The van der Waals surface area contributed by atoms with Crippen LogP contribution in [0.2, 0.25) is 0 Å². The molecule has 8 heteroatoms. The second-order valence-electron chi connectivity index (χ2n) is 6.88. The Kier molecular flexibility index (Phi) is 7.04. The highest BCUT2D eigenvalue weighted by molar-refractivity contribution is 5.89. The molecule has 1 aromatic rings. The summed E-state index contributed by atoms with van der Waals surface area (Å²) in [6, 6.07) is 6.18. The average Bonchev–Trinajstić information content (AvgIpc) is 3.02. The summed E-state index contributed by atoms with van der Waals surface area (Å²) < 4.78 is 5.48. The fourth-order valence-electron chi connectivity index (χ4n) is 2.85. The molecule has 1 aliphatic heterocycles. The van der Waals surface area contributed by atoms with Crippen molar-refractivity contribution in [2.75, 3.05) is 19.6 Å². The second-order valence-corrected chi connectivity index (χ2v) is 6.88. The first-order chi connectivity index (χ1) is 12.8. The molecule has 2 rings (SSSR count). The van der Waals surface area contributed by atoms with Gasteiger partial charge in [0.25, 0.3) is 5.91 Å². The molecule has 8 nitrogen and oxygen atoms in total. The summed E-state index contributed by atoms with van der Waals surface area (Å²) in [5.41, 5.74) is 0. The number of benzene rings is 1. The molecule has 0 aliphatic carbocycles. The number of phenols is 1. The standard InChI is InChI=1S/C19H27N3O5/c1-12(2)22-11-14(10-17(22)24)19(26)21-9-8-20-18(25)13(3)27-16-6-4-15(23)5-7-16/h4-7,12-14,23H,8-11H2,1-3H3,(H,20,25)(H,21,26). The number of ether oxygens (including phenoxy) is 1. The van der Waals surface area contributed by atoms with Gasteiger partial charge in [0.1, 0.15) is 11.5 Å². The third kappa shape index (κ3) is 5.87. The van der Waals surface area contributed by atoms with E-state index in [1.54, 1.807) is 24.0 Å². The Bertz CT molecular complexity index is 674. The van der Waals surface area contributed by atoms with Gasteiger partial charge in [-0.05, 0) is 45.0 Å². The van der Waals surface area contributed by atoms with Crippen molar-refractivity contribution in [3.8, 4) is 11.5 Å². The van der Waals surface area contributed by atoms with E-state index in [0.717, 1.165) is 0 Å². The molecule has 27 heavy (non-hydrogen) atoms. The van der Waals surface area contributed by atoms with Gasteiger partial charge >= 0.3 is 0 Å². The Morgan fingerprint density at radius 3 is 2.41 bits per heavy atom. The zero-order valence-corrected chi connectivity index (χ0v) is 15.9. The van der Waals surface area contributed by atoms with E-state index in [9.17, 15) is 19.5 Å². The lowest BCUT2D eigenvalue weighted by Gasteiger charge is -2.20. The molecule has 1 fully saturated rings. The topological polar surface area (TPSA) is 108 Å². The molecule has 0 radical (unpaired) electrons. The van der Waals surface area contributed by atoms with Crippen LogP contribution < -0.4 is 15.4 Å². The van der Waals surface area contributed by atoms with Crippen molar-refractivity contribution >= 4 is 17.7 Å². The van der Waals surface area contributed by atoms with E-state index in [-0.39, 0.29) is 54.9 Å². The quantitative estimate of drug-likeness (QED) is 0.577. The molecule has 0 saturated carbocycles. The van der Waals surface area contributed by atoms with Gasteiger partial charge in [-0.15, -0.1) is 0 Å². The number of nitrogens with one attached hydrogen (secondary N) is 2. The first-order valence-corrected chi connectivity index (χ1v) is 9.08. The SMILES string of the molecule is CC(Oc1ccc(O)cc1)C(=O)NCCNC(=O)C1CC(=O)N(C(C)C)C1. The van der Waals surface area contributed by atoms with Crippen molar-refractivity contribution in [3.63, 3.8) is 0 Å². The summed E-state index contributed by atoms with van der Waals surface area (Å²) in [6.45, 7) is 6.45. The summed E-state index contributed by atoms with van der Waals surface area (Å²) >= 11 is 0. The third-order valence-corrected chi connectivity index (χ3v) is 4.39. The third-order valence-electron chi connectivity index (χ3n) is 4.39. The number of carbonyl (C=O) groups is 3. The van der Waals surface area contributed by atoms with Gasteiger partial charge in [0.15, 0.2) is 6.10 Å². The second kappa shape index (κ2) is 9.25. The lowest BCUT2D eigenvalue weighted by Crippen LogP contribution is -2.42. The minimum atomic E-state index is -0.711. The van der Waals surface area contributed by atoms with Crippen molar-refractivity contribution in [2.24, 2.45) is 5.92 Å². The van der Waals surface area contributed by atoms with E-state index < -0.39 is 6.10 Å². The van der Waals surface area contributed by atoms with Crippen LogP contribution in [0.3, 0.4) is 0 Å². The molecule has 2 unspecified atom stereocenters. The van der Waals surface area contributed by atoms with Crippen LogP contribution in [-0.2, 0) is 14.4 Å². The van der Waals surface area contributed by atoms with Gasteiger partial charge in [-0.25, -0.2) is 0 Å². The summed E-state index contributed by atoms with van der Waals surface area (Å²) in [6.07, 6.45) is -0.481. The molecule has 1 aromatic carbocycles. The molecule has 2 atom stereocenters. The summed E-state index contributed by atoms with van der Waals surface area (Å²) in [4.78, 5) is 37.7. The van der Waals surface area contributed by atoms with Crippen LogP contribution in [0, 0.1) is 5.92 Å². The normalized spacial score (nSPS) is 17.7. The molecule has 148 valence electrons. The zero-order chi connectivity index (χ0) is 20.0. The number of amides is 3. The van der Waals surface area contributed by atoms with Crippen molar-refractivity contribution in [3.05, 3.63) is 24.3 Å². The van der Waals surface area contributed by atoms with E-state index in [1.807, 2.05) is 13.8 Å².